The van der Waals surface area contributed by atoms with Gasteiger partial charge in [0.15, 0.2) is 0 Å². The Kier molecular flexibility index (Phi) is 5.32. The Morgan fingerprint density at radius 2 is 1.89 bits per heavy atom. The average Bonchev–Trinajstić information content (AvgIpc) is 2.46. The molecule has 0 saturated heterocycles. The summed E-state index contributed by atoms with van der Waals surface area (Å²) >= 11 is 3.55. The van der Waals surface area contributed by atoms with Gasteiger partial charge >= 0.3 is 0 Å². The summed E-state index contributed by atoms with van der Waals surface area (Å²) in [6.45, 7) is 4.54. The van der Waals surface area contributed by atoms with Crippen LogP contribution in [0, 0.1) is 12.8 Å². The molecule has 19 heavy (non-hydrogen) atoms. The number of anilines is 1. The molecule has 0 bridgehead atoms. The van der Waals surface area contributed by atoms with Gasteiger partial charge in [-0.1, -0.05) is 35.3 Å². The minimum atomic E-state index is 0.733. The van der Waals surface area contributed by atoms with E-state index in [4.69, 9.17) is 0 Å². The first-order valence-electron chi connectivity index (χ1n) is 7.54. The molecule has 0 unspecified atom stereocenters. The highest BCUT2D eigenvalue weighted by atomic mass is 79.9. The maximum absolute atomic E-state index is 3.55. The third-order valence-corrected chi connectivity index (χ3v) is 5.42. The largest absolute Gasteiger partial charge is 0.372 e. The highest BCUT2D eigenvalue weighted by Crippen LogP contribution is 2.31. The number of hydrogen-bond acceptors (Lipinski definition) is 1. The number of alkyl halides is 1. The topological polar surface area (TPSA) is 3.24 Å². The summed E-state index contributed by atoms with van der Waals surface area (Å²) in [5.41, 5.74) is 4.16. The molecule has 1 nitrogen and oxygen atoms in total. The average molecular weight is 324 g/mol. The second kappa shape index (κ2) is 6.78. The zero-order chi connectivity index (χ0) is 13.8. The Bertz CT molecular complexity index is 408. The van der Waals surface area contributed by atoms with Crippen LogP contribution in [0.4, 0.5) is 5.69 Å². The lowest BCUT2D eigenvalue weighted by atomic mass is 9.84. The molecule has 0 N–H and O–H groups in total. The first-order chi connectivity index (χ1) is 9.15. The van der Waals surface area contributed by atoms with Crippen molar-refractivity contribution in [2.75, 3.05) is 11.9 Å². The SMILES string of the molecule is CCC1CCC(N(C)c2ccc(CBr)c(C)c2)CC1. The van der Waals surface area contributed by atoms with E-state index >= 15 is 0 Å². The zero-order valence-electron chi connectivity index (χ0n) is 12.5. The summed E-state index contributed by atoms with van der Waals surface area (Å²) in [5, 5.41) is 0.949. The zero-order valence-corrected chi connectivity index (χ0v) is 14.0. The van der Waals surface area contributed by atoms with Crippen LogP contribution in [-0.2, 0) is 5.33 Å². The molecule has 1 aliphatic carbocycles. The van der Waals surface area contributed by atoms with Gasteiger partial charge < -0.3 is 4.90 Å². The Morgan fingerprint density at radius 1 is 1.21 bits per heavy atom. The highest BCUT2D eigenvalue weighted by Gasteiger charge is 2.23. The maximum Gasteiger partial charge on any atom is 0.0368 e. The van der Waals surface area contributed by atoms with Crippen LogP contribution in [0.25, 0.3) is 0 Å². The molecule has 0 aromatic heterocycles. The van der Waals surface area contributed by atoms with E-state index in [1.165, 1.54) is 48.9 Å². The van der Waals surface area contributed by atoms with Gasteiger partial charge in [-0.2, -0.15) is 0 Å². The van der Waals surface area contributed by atoms with Gasteiger partial charge in [-0.3, -0.25) is 0 Å². The van der Waals surface area contributed by atoms with Crippen molar-refractivity contribution in [3.8, 4) is 0 Å². The van der Waals surface area contributed by atoms with Crippen LogP contribution in [0.3, 0.4) is 0 Å². The lowest BCUT2D eigenvalue weighted by Crippen LogP contribution is -2.35. The summed E-state index contributed by atoms with van der Waals surface area (Å²) in [6, 6.07) is 7.60. The fraction of sp³-hybridized carbons (Fsp3) is 0.647. The minimum absolute atomic E-state index is 0.733. The molecule has 2 rings (SSSR count). The van der Waals surface area contributed by atoms with Crippen LogP contribution in [0.2, 0.25) is 0 Å². The molecule has 0 atom stereocenters. The van der Waals surface area contributed by atoms with Crippen molar-refractivity contribution in [1.82, 2.24) is 0 Å². The molecule has 1 saturated carbocycles. The van der Waals surface area contributed by atoms with E-state index in [2.05, 4.69) is 59.9 Å². The van der Waals surface area contributed by atoms with Gasteiger partial charge in [0.1, 0.15) is 0 Å². The molecule has 0 heterocycles. The van der Waals surface area contributed by atoms with Crippen LogP contribution >= 0.6 is 15.9 Å². The number of hydrogen-bond donors (Lipinski definition) is 0. The van der Waals surface area contributed by atoms with Crippen LogP contribution in [0.5, 0.6) is 0 Å². The van der Waals surface area contributed by atoms with Crippen molar-refractivity contribution >= 4 is 21.6 Å². The molecule has 106 valence electrons. The Balaban J connectivity index is 2.03. The molecular weight excluding hydrogens is 298 g/mol. The third-order valence-electron chi connectivity index (χ3n) is 4.82. The molecule has 0 aliphatic heterocycles. The molecule has 1 aliphatic rings. The molecule has 1 aromatic carbocycles. The number of rotatable bonds is 4. The molecular formula is C17H26BrN. The summed E-state index contributed by atoms with van der Waals surface area (Å²) < 4.78 is 0. The van der Waals surface area contributed by atoms with E-state index in [1.54, 1.807) is 0 Å². The highest BCUT2D eigenvalue weighted by molar-refractivity contribution is 9.08. The molecule has 0 radical (unpaired) electrons. The van der Waals surface area contributed by atoms with E-state index in [-0.39, 0.29) is 0 Å². The predicted octanol–water partition coefficient (Wildman–Crippen LogP) is 5.29. The van der Waals surface area contributed by atoms with Crippen molar-refractivity contribution in [3.63, 3.8) is 0 Å². The normalized spacial score (nSPS) is 23.4. The standard InChI is InChI=1S/C17H26BrN/c1-4-14-5-8-16(9-6-14)19(3)17-10-7-15(12-18)13(2)11-17/h7,10-11,14,16H,4-6,8-9,12H2,1-3H3. The number of halogens is 1. The van der Waals surface area contributed by atoms with Gasteiger partial charge in [0.2, 0.25) is 0 Å². The Morgan fingerprint density at radius 3 is 2.42 bits per heavy atom. The molecule has 0 spiro atoms. The second-order valence-electron chi connectivity index (χ2n) is 5.94. The first kappa shape index (κ1) is 14.9. The number of benzene rings is 1. The van der Waals surface area contributed by atoms with E-state index in [0.717, 1.165) is 17.3 Å². The van der Waals surface area contributed by atoms with Gasteiger partial charge in [-0.15, -0.1) is 0 Å². The van der Waals surface area contributed by atoms with Gasteiger partial charge in [0, 0.05) is 24.1 Å². The number of nitrogens with zero attached hydrogens (tertiary/aromatic N) is 1. The second-order valence-corrected chi connectivity index (χ2v) is 6.50. The van der Waals surface area contributed by atoms with E-state index in [9.17, 15) is 0 Å². The monoisotopic (exact) mass is 323 g/mol. The van der Waals surface area contributed by atoms with Crippen LogP contribution in [-0.4, -0.2) is 13.1 Å². The Labute approximate surface area is 126 Å². The molecule has 1 aromatic rings. The van der Waals surface area contributed by atoms with Crippen molar-refractivity contribution in [2.24, 2.45) is 5.92 Å². The Hall–Kier alpha value is -0.500. The van der Waals surface area contributed by atoms with Crippen LogP contribution in [0.1, 0.15) is 50.2 Å². The fourth-order valence-electron chi connectivity index (χ4n) is 3.20. The van der Waals surface area contributed by atoms with Crippen molar-refractivity contribution in [2.45, 2.75) is 57.3 Å². The summed E-state index contributed by atoms with van der Waals surface area (Å²) in [4.78, 5) is 2.50. The van der Waals surface area contributed by atoms with Crippen LogP contribution in [0.15, 0.2) is 18.2 Å². The smallest absolute Gasteiger partial charge is 0.0368 e. The summed E-state index contributed by atoms with van der Waals surface area (Å²) in [6.07, 6.45) is 6.88. The van der Waals surface area contributed by atoms with Gasteiger partial charge in [-0.05, 0) is 61.8 Å². The molecule has 0 amide bonds. The fourth-order valence-corrected chi connectivity index (χ4v) is 3.83. The summed E-state index contributed by atoms with van der Waals surface area (Å²) in [7, 11) is 2.26. The van der Waals surface area contributed by atoms with E-state index in [1.807, 2.05) is 0 Å². The first-order valence-corrected chi connectivity index (χ1v) is 8.66. The third kappa shape index (κ3) is 3.53. The lowest BCUT2D eigenvalue weighted by Gasteiger charge is -2.36. The van der Waals surface area contributed by atoms with Gasteiger partial charge in [0.25, 0.3) is 0 Å². The number of aryl methyl sites for hydroxylation is 1. The van der Waals surface area contributed by atoms with E-state index < -0.39 is 0 Å². The van der Waals surface area contributed by atoms with Gasteiger partial charge in [0.05, 0.1) is 0 Å². The van der Waals surface area contributed by atoms with Gasteiger partial charge in [-0.25, -0.2) is 0 Å². The van der Waals surface area contributed by atoms with Crippen molar-refractivity contribution < 1.29 is 0 Å². The quantitative estimate of drug-likeness (QED) is 0.680. The van der Waals surface area contributed by atoms with Crippen molar-refractivity contribution in [3.05, 3.63) is 29.3 Å². The van der Waals surface area contributed by atoms with Crippen molar-refractivity contribution in [1.29, 1.82) is 0 Å². The minimum Gasteiger partial charge on any atom is -0.372 e. The lowest BCUT2D eigenvalue weighted by molar-refractivity contribution is 0.313. The summed E-state index contributed by atoms with van der Waals surface area (Å²) in [5.74, 6) is 0.974. The molecule has 1 fully saturated rings. The van der Waals surface area contributed by atoms with E-state index in [0.29, 0.717) is 0 Å². The van der Waals surface area contributed by atoms with Crippen LogP contribution < -0.4 is 4.90 Å². The molecule has 2 heteroatoms. The maximum atomic E-state index is 3.55. The predicted molar refractivity (Wildman–Crippen MR) is 88.3 cm³/mol.